The summed E-state index contributed by atoms with van der Waals surface area (Å²) in [5.41, 5.74) is 0.749. The van der Waals surface area contributed by atoms with Crippen molar-refractivity contribution in [1.29, 1.82) is 5.26 Å². The number of hydrogen-bond donors (Lipinski definition) is 1. The molecule has 1 aromatic carbocycles. The number of carbonyl (C=O) groups is 1. The standard InChI is InChI=1S/C13H13BrN2O4S/c14-11-2-1-3-12(10(11)6-15)16(7-13(17)18)9-4-5-21(19,20)8-9/h1-3,9H,4-5,7-8H2,(H,17,18). The van der Waals surface area contributed by atoms with E-state index >= 15 is 0 Å². The quantitative estimate of drug-likeness (QED) is 0.857. The van der Waals surface area contributed by atoms with Crippen molar-refractivity contribution in [2.75, 3.05) is 23.0 Å². The van der Waals surface area contributed by atoms with Crippen LogP contribution in [0.15, 0.2) is 22.7 Å². The van der Waals surface area contributed by atoms with Gasteiger partial charge in [0.05, 0.1) is 22.8 Å². The minimum absolute atomic E-state index is 0.0453. The van der Waals surface area contributed by atoms with E-state index in [2.05, 4.69) is 15.9 Å². The van der Waals surface area contributed by atoms with Crippen LogP contribution in [0, 0.1) is 11.3 Å². The van der Waals surface area contributed by atoms with Gasteiger partial charge in [-0.15, -0.1) is 0 Å². The summed E-state index contributed by atoms with van der Waals surface area (Å²) >= 11 is 3.26. The molecule has 0 aliphatic carbocycles. The van der Waals surface area contributed by atoms with E-state index in [1.54, 1.807) is 18.2 Å². The summed E-state index contributed by atoms with van der Waals surface area (Å²) in [5, 5.41) is 18.3. The Morgan fingerprint density at radius 3 is 2.76 bits per heavy atom. The Morgan fingerprint density at radius 2 is 2.24 bits per heavy atom. The van der Waals surface area contributed by atoms with Gasteiger partial charge in [0.15, 0.2) is 9.84 Å². The number of nitriles is 1. The molecular formula is C13H13BrN2O4S. The fourth-order valence-corrected chi connectivity index (χ4v) is 4.62. The van der Waals surface area contributed by atoms with Crippen molar-refractivity contribution < 1.29 is 18.3 Å². The van der Waals surface area contributed by atoms with E-state index in [1.807, 2.05) is 6.07 Å². The summed E-state index contributed by atoms with van der Waals surface area (Å²) in [5.74, 6) is -1.11. The van der Waals surface area contributed by atoms with Gasteiger partial charge in [-0.3, -0.25) is 4.79 Å². The van der Waals surface area contributed by atoms with Crippen LogP contribution < -0.4 is 4.90 Å². The average molecular weight is 373 g/mol. The molecule has 2 rings (SSSR count). The summed E-state index contributed by atoms with van der Waals surface area (Å²) in [4.78, 5) is 12.6. The van der Waals surface area contributed by atoms with Gasteiger partial charge >= 0.3 is 5.97 Å². The maximum Gasteiger partial charge on any atom is 0.323 e. The van der Waals surface area contributed by atoms with Crippen LogP contribution in [0.2, 0.25) is 0 Å². The Bertz CT molecular complexity index is 711. The Hall–Kier alpha value is -1.59. The highest BCUT2D eigenvalue weighted by Gasteiger charge is 2.34. The van der Waals surface area contributed by atoms with Crippen molar-refractivity contribution in [3.05, 3.63) is 28.2 Å². The predicted molar refractivity (Wildman–Crippen MR) is 80.9 cm³/mol. The average Bonchev–Trinajstić information content (AvgIpc) is 2.75. The molecule has 1 fully saturated rings. The van der Waals surface area contributed by atoms with Crippen molar-refractivity contribution in [3.8, 4) is 6.07 Å². The lowest BCUT2D eigenvalue weighted by molar-refractivity contribution is -0.135. The molecule has 1 aliphatic rings. The highest BCUT2D eigenvalue weighted by atomic mass is 79.9. The van der Waals surface area contributed by atoms with Crippen LogP contribution in [0.25, 0.3) is 0 Å². The number of nitrogens with zero attached hydrogens (tertiary/aromatic N) is 2. The van der Waals surface area contributed by atoms with Gasteiger partial charge in [-0.25, -0.2) is 8.42 Å². The highest BCUT2D eigenvalue weighted by molar-refractivity contribution is 9.10. The minimum Gasteiger partial charge on any atom is -0.480 e. The molecule has 21 heavy (non-hydrogen) atoms. The SMILES string of the molecule is N#Cc1c(Br)cccc1N(CC(=O)O)C1CCS(=O)(=O)C1. The van der Waals surface area contributed by atoms with Gasteiger partial charge in [-0.2, -0.15) is 5.26 Å². The van der Waals surface area contributed by atoms with E-state index in [0.717, 1.165) is 0 Å². The molecule has 1 aromatic rings. The van der Waals surface area contributed by atoms with E-state index in [0.29, 0.717) is 22.1 Å². The first-order valence-corrected chi connectivity index (χ1v) is 8.83. The van der Waals surface area contributed by atoms with Crippen LogP contribution in [0.3, 0.4) is 0 Å². The second-order valence-corrected chi connectivity index (χ2v) is 7.91. The second kappa shape index (κ2) is 6.03. The van der Waals surface area contributed by atoms with Crippen LogP contribution in [0.4, 0.5) is 5.69 Å². The van der Waals surface area contributed by atoms with Crippen LogP contribution in [0.1, 0.15) is 12.0 Å². The third-order valence-corrected chi connectivity index (χ3v) is 5.78. The molecule has 112 valence electrons. The van der Waals surface area contributed by atoms with E-state index < -0.39 is 21.8 Å². The van der Waals surface area contributed by atoms with Crippen molar-refractivity contribution in [2.24, 2.45) is 0 Å². The first kappa shape index (κ1) is 15.8. The summed E-state index contributed by atoms with van der Waals surface area (Å²) in [6.07, 6.45) is 0.368. The zero-order valence-electron chi connectivity index (χ0n) is 11.0. The van der Waals surface area contributed by atoms with Gasteiger partial charge in [-0.05, 0) is 34.5 Å². The van der Waals surface area contributed by atoms with Gasteiger partial charge in [0.2, 0.25) is 0 Å². The van der Waals surface area contributed by atoms with Crippen molar-refractivity contribution in [1.82, 2.24) is 0 Å². The number of anilines is 1. The molecular weight excluding hydrogens is 360 g/mol. The fraction of sp³-hybridized carbons (Fsp3) is 0.385. The fourth-order valence-electron chi connectivity index (χ4n) is 2.44. The molecule has 8 heteroatoms. The Balaban J connectivity index is 2.45. The molecule has 1 saturated heterocycles. The zero-order valence-corrected chi connectivity index (χ0v) is 13.4. The lowest BCUT2D eigenvalue weighted by atomic mass is 10.1. The summed E-state index contributed by atoms with van der Waals surface area (Å²) in [6, 6.07) is 6.62. The van der Waals surface area contributed by atoms with Gasteiger partial charge in [-0.1, -0.05) is 6.07 Å². The van der Waals surface area contributed by atoms with Crippen LogP contribution in [-0.4, -0.2) is 43.6 Å². The molecule has 0 bridgehead atoms. The zero-order chi connectivity index (χ0) is 15.6. The Morgan fingerprint density at radius 1 is 1.52 bits per heavy atom. The number of aliphatic carboxylic acids is 1. The van der Waals surface area contributed by atoms with Crippen molar-refractivity contribution >= 4 is 37.4 Å². The van der Waals surface area contributed by atoms with E-state index in [9.17, 15) is 18.5 Å². The third-order valence-electron chi connectivity index (χ3n) is 3.37. The minimum atomic E-state index is -3.14. The summed E-state index contributed by atoms with van der Waals surface area (Å²) in [6.45, 7) is -0.342. The van der Waals surface area contributed by atoms with Crippen molar-refractivity contribution in [3.63, 3.8) is 0 Å². The number of hydrogen-bond acceptors (Lipinski definition) is 5. The van der Waals surface area contributed by atoms with Gasteiger partial charge in [0.1, 0.15) is 12.6 Å². The first-order chi connectivity index (χ1) is 9.84. The number of sulfone groups is 1. The molecule has 0 saturated carbocycles. The number of rotatable bonds is 4. The lowest BCUT2D eigenvalue weighted by Crippen LogP contribution is -2.40. The number of carboxylic acid groups (broad SMARTS) is 1. The topological polar surface area (TPSA) is 98.5 Å². The molecule has 0 radical (unpaired) electrons. The van der Waals surface area contributed by atoms with Crippen LogP contribution in [0.5, 0.6) is 0 Å². The smallest absolute Gasteiger partial charge is 0.323 e. The van der Waals surface area contributed by atoms with E-state index in [4.69, 9.17) is 5.11 Å². The normalized spacial score (nSPS) is 19.9. The molecule has 6 nitrogen and oxygen atoms in total. The number of carboxylic acids is 1. The maximum absolute atomic E-state index is 11.6. The molecule has 0 spiro atoms. The van der Waals surface area contributed by atoms with Crippen LogP contribution in [-0.2, 0) is 14.6 Å². The van der Waals surface area contributed by atoms with E-state index in [-0.39, 0.29) is 18.1 Å². The molecule has 1 unspecified atom stereocenters. The first-order valence-electron chi connectivity index (χ1n) is 6.21. The van der Waals surface area contributed by atoms with Gasteiger partial charge < -0.3 is 10.0 Å². The van der Waals surface area contributed by atoms with E-state index in [1.165, 1.54) is 4.90 Å². The van der Waals surface area contributed by atoms with Gasteiger partial charge in [0.25, 0.3) is 0 Å². The monoisotopic (exact) mass is 372 g/mol. The molecule has 0 aromatic heterocycles. The predicted octanol–water partition coefficient (Wildman–Crippen LogP) is 1.40. The highest BCUT2D eigenvalue weighted by Crippen LogP contribution is 2.31. The number of benzene rings is 1. The third kappa shape index (κ3) is 3.54. The summed E-state index contributed by atoms with van der Waals surface area (Å²) in [7, 11) is -3.14. The molecule has 1 heterocycles. The Labute approximate surface area is 131 Å². The molecule has 1 atom stereocenters. The van der Waals surface area contributed by atoms with Crippen LogP contribution >= 0.6 is 15.9 Å². The molecule has 0 amide bonds. The second-order valence-electron chi connectivity index (χ2n) is 4.82. The maximum atomic E-state index is 11.6. The molecule has 1 N–H and O–H groups in total. The summed E-state index contributed by atoms with van der Waals surface area (Å²) < 4.78 is 23.8. The van der Waals surface area contributed by atoms with Crippen molar-refractivity contribution in [2.45, 2.75) is 12.5 Å². The lowest BCUT2D eigenvalue weighted by Gasteiger charge is -2.29. The van der Waals surface area contributed by atoms with Gasteiger partial charge in [0, 0.05) is 10.5 Å². The largest absolute Gasteiger partial charge is 0.480 e. The number of halogens is 1. The Kier molecular flexibility index (Phi) is 4.54. The molecule has 1 aliphatic heterocycles.